The van der Waals surface area contributed by atoms with Gasteiger partial charge in [0.1, 0.15) is 0 Å². The lowest BCUT2D eigenvalue weighted by molar-refractivity contribution is 0.102. The molecule has 3 aromatic rings. The molecule has 0 radical (unpaired) electrons. The average Bonchev–Trinajstić information content (AvgIpc) is 3.46. The highest BCUT2D eigenvalue weighted by molar-refractivity contribution is 7.89. The van der Waals surface area contributed by atoms with Gasteiger partial charge < -0.3 is 4.42 Å². The number of halogens is 1. The van der Waals surface area contributed by atoms with Gasteiger partial charge in [0, 0.05) is 29.2 Å². The minimum absolute atomic E-state index is 0.0281. The third-order valence-electron chi connectivity index (χ3n) is 5.37. The summed E-state index contributed by atoms with van der Waals surface area (Å²) in [5, 5.41) is 10.8. The smallest absolute Gasteiger partial charge is 0.322 e. The van der Waals surface area contributed by atoms with Crippen LogP contribution in [0.2, 0.25) is 5.02 Å². The molecular formula is C21H21ClN4O4S. The topological polar surface area (TPSA) is 105 Å². The van der Waals surface area contributed by atoms with Crippen LogP contribution in [-0.2, 0) is 10.0 Å². The van der Waals surface area contributed by atoms with Crippen molar-refractivity contribution in [3.63, 3.8) is 0 Å². The van der Waals surface area contributed by atoms with Crippen LogP contribution in [0.1, 0.15) is 36.0 Å². The number of amides is 1. The first-order chi connectivity index (χ1) is 14.8. The number of aromatic nitrogens is 2. The zero-order chi connectivity index (χ0) is 22.0. The van der Waals surface area contributed by atoms with Crippen molar-refractivity contribution >= 4 is 33.5 Å². The molecule has 31 heavy (non-hydrogen) atoms. The van der Waals surface area contributed by atoms with Crippen molar-refractivity contribution in [1.29, 1.82) is 0 Å². The molecule has 8 nitrogen and oxygen atoms in total. The molecule has 0 bridgehead atoms. The molecule has 2 aromatic carbocycles. The molecule has 0 spiro atoms. The van der Waals surface area contributed by atoms with Gasteiger partial charge >= 0.3 is 6.01 Å². The van der Waals surface area contributed by atoms with Crippen LogP contribution in [0.25, 0.3) is 11.5 Å². The summed E-state index contributed by atoms with van der Waals surface area (Å²) < 4.78 is 32.6. The molecule has 10 heteroatoms. The molecule has 1 fully saturated rings. The Hall–Kier alpha value is -2.75. The maximum Gasteiger partial charge on any atom is 0.322 e. The Bertz CT molecular complexity index is 1170. The fraction of sp³-hybridized carbons (Fsp3) is 0.286. The molecule has 1 saturated carbocycles. The number of benzene rings is 2. The number of hydrogen-bond acceptors (Lipinski definition) is 6. The monoisotopic (exact) mass is 460 g/mol. The standard InChI is InChI=1S/C21H21ClN4O4S/c1-26(17-4-2-3-5-17)31(28,29)18-12-8-14(9-13-18)19(27)23-21-25-24-20(30-21)15-6-10-16(22)11-7-15/h6-13,17H,2-5H2,1H3,(H,23,25,27). The summed E-state index contributed by atoms with van der Waals surface area (Å²) in [5.41, 5.74) is 0.937. The second kappa shape index (κ2) is 8.78. The van der Waals surface area contributed by atoms with Crippen LogP contribution in [-0.4, -0.2) is 41.9 Å². The third-order valence-corrected chi connectivity index (χ3v) is 7.55. The second-order valence-electron chi connectivity index (χ2n) is 7.36. The molecule has 1 aromatic heterocycles. The zero-order valence-corrected chi connectivity index (χ0v) is 18.4. The molecular weight excluding hydrogens is 440 g/mol. The first-order valence-corrected chi connectivity index (χ1v) is 11.7. The minimum Gasteiger partial charge on any atom is -0.403 e. The Labute approximate surface area is 185 Å². The van der Waals surface area contributed by atoms with Crippen molar-refractivity contribution in [1.82, 2.24) is 14.5 Å². The number of carbonyl (C=O) groups is 1. The van der Waals surface area contributed by atoms with E-state index in [1.54, 1.807) is 31.3 Å². The Morgan fingerprint density at radius 2 is 1.71 bits per heavy atom. The Morgan fingerprint density at radius 3 is 2.35 bits per heavy atom. The summed E-state index contributed by atoms with van der Waals surface area (Å²) in [7, 11) is -1.99. The summed E-state index contributed by atoms with van der Waals surface area (Å²) in [5.74, 6) is -0.247. The molecule has 1 aliphatic rings. The van der Waals surface area contributed by atoms with E-state index in [0.717, 1.165) is 25.7 Å². The number of anilines is 1. The van der Waals surface area contributed by atoms with E-state index in [-0.39, 0.29) is 28.4 Å². The van der Waals surface area contributed by atoms with Crippen LogP contribution in [0.5, 0.6) is 0 Å². The van der Waals surface area contributed by atoms with E-state index in [1.165, 1.54) is 28.6 Å². The van der Waals surface area contributed by atoms with Gasteiger partial charge in [0.15, 0.2) is 0 Å². The van der Waals surface area contributed by atoms with E-state index in [2.05, 4.69) is 15.5 Å². The van der Waals surface area contributed by atoms with Gasteiger partial charge in [-0.25, -0.2) is 8.42 Å². The summed E-state index contributed by atoms with van der Waals surface area (Å²) in [6.45, 7) is 0. The van der Waals surface area contributed by atoms with Crippen molar-refractivity contribution in [3.8, 4) is 11.5 Å². The highest BCUT2D eigenvalue weighted by Gasteiger charge is 2.30. The lowest BCUT2D eigenvalue weighted by Gasteiger charge is -2.23. The van der Waals surface area contributed by atoms with Crippen molar-refractivity contribution in [2.75, 3.05) is 12.4 Å². The van der Waals surface area contributed by atoms with Crippen LogP contribution >= 0.6 is 11.6 Å². The van der Waals surface area contributed by atoms with Crippen molar-refractivity contribution < 1.29 is 17.6 Å². The number of sulfonamides is 1. The fourth-order valence-corrected chi connectivity index (χ4v) is 5.10. The predicted molar refractivity (Wildman–Crippen MR) is 116 cm³/mol. The first-order valence-electron chi connectivity index (χ1n) is 9.83. The predicted octanol–water partition coefficient (Wildman–Crippen LogP) is 4.21. The van der Waals surface area contributed by atoms with Gasteiger partial charge in [-0.05, 0) is 61.4 Å². The van der Waals surface area contributed by atoms with Crippen molar-refractivity contribution in [2.24, 2.45) is 0 Å². The molecule has 0 saturated heterocycles. The second-order valence-corrected chi connectivity index (χ2v) is 9.79. The van der Waals surface area contributed by atoms with Crippen LogP contribution in [0, 0.1) is 0 Å². The van der Waals surface area contributed by atoms with Crippen LogP contribution < -0.4 is 5.32 Å². The van der Waals surface area contributed by atoms with E-state index in [0.29, 0.717) is 10.6 Å². The largest absolute Gasteiger partial charge is 0.403 e. The minimum atomic E-state index is -3.60. The first kappa shape index (κ1) is 21.5. The molecule has 0 unspecified atom stereocenters. The summed E-state index contributed by atoms with van der Waals surface area (Å²) in [6, 6.07) is 12.6. The zero-order valence-electron chi connectivity index (χ0n) is 16.8. The number of nitrogens with zero attached hydrogens (tertiary/aromatic N) is 3. The van der Waals surface area contributed by atoms with Gasteiger partial charge in [-0.3, -0.25) is 10.1 Å². The van der Waals surface area contributed by atoms with Gasteiger partial charge in [-0.1, -0.05) is 29.5 Å². The molecule has 162 valence electrons. The van der Waals surface area contributed by atoms with E-state index < -0.39 is 15.9 Å². The summed E-state index contributed by atoms with van der Waals surface area (Å²) in [6.07, 6.45) is 3.83. The Morgan fingerprint density at radius 1 is 1.06 bits per heavy atom. The number of hydrogen-bond donors (Lipinski definition) is 1. The third kappa shape index (κ3) is 4.63. The highest BCUT2D eigenvalue weighted by Crippen LogP contribution is 2.27. The van der Waals surface area contributed by atoms with Crippen LogP contribution in [0.4, 0.5) is 6.01 Å². The van der Waals surface area contributed by atoms with Gasteiger partial charge in [-0.2, -0.15) is 4.31 Å². The number of carbonyl (C=O) groups excluding carboxylic acids is 1. The lowest BCUT2D eigenvalue weighted by Crippen LogP contribution is -2.35. The van der Waals surface area contributed by atoms with E-state index in [9.17, 15) is 13.2 Å². The fourth-order valence-electron chi connectivity index (χ4n) is 3.56. The summed E-state index contributed by atoms with van der Waals surface area (Å²) >= 11 is 5.87. The molecule has 1 aliphatic carbocycles. The van der Waals surface area contributed by atoms with E-state index >= 15 is 0 Å². The Kier molecular flexibility index (Phi) is 6.08. The maximum absolute atomic E-state index is 12.8. The molecule has 0 aliphatic heterocycles. The number of rotatable bonds is 6. The van der Waals surface area contributed by atoms with Crippen LogP contribution in [0.3, 0.4) is 0 Å². The normalized spacial score (nSPS) is 14.8. The quantitative estimate of drug-likeness (QED) is 0.590. The molecule has 4 rings (SSSR count). The maximum atomic E-state index is 12.8. The van der Waals surface area contributed by atoms with Gasteiger partial charge in [0.05, 0.1) is 4.90 Å². The van der Waals surface area contributed by atoms with Gasteiger partial charge in [-0.15, -0.1) is 5.10 Å². The van der Waals surface area contributed by atoms with Crippen LogP contribution in [0.15, 0.2) is 57.8 Å². The number of nitrogens with one attached hydrogen (secondary N) is 1. The van der Waals surface area contributed by atoms with Gasteiger partial charge in [0.25, 0.3) is 5.91 Å². The lowest BCUT2D eigenvalue weighted by atomic mass is 10.2. The molecule has 1 N–H and O–H groups in total. The average molecular weight is 461 g/mol. The molecule has 1 heterocycles. The molecule has 1 amide bonds. The van der Waals surface area contributed by atoms with Crippen molar-refractivity contribution in [3.05, 3.63) is 59.1 Å². The highest BCUT2D eigenvalue weighted by atomic mass is 35.5. The van der Waals surface area contributed by atoms with Gasteiger partial charge in [0.2, 0.25) is 15.9 Å². The van der Waals surface area contributed by atoms with Crippen molar-refractivity contribution in [2.45, 2.75) is 36.6 Å². The molecule has 0 atom stereocenters. The Balaban J connectivity index is 1.44. The van der Waals surface area contributed by atoms with E-state index in [4.69, 9.17) is 16.0 Å². The van der Waals surface area contributed by atoms with E-state index in [1.807, 2.05) is 0 Å². The summed E-state index contributed by atoms with van der Waals surface area (Å²) in [4.78, 5) is 12.6. The SMILES string of the molecule is CN(C1CCCC1)S(=O)(=O)c1ccc(C(=O)Nc2nnc(-c3ccc(Cl)cc3)o2)cc1.